The number of hydrogen-bond donors (Lipinski definition) is 3. The number of rotatable bonds is 53. The highest BCUT2D eigenvalue weighted by atomic mass is 16.5. The third-order valence-electron chi connectivity index (χ3n) is 13.5. The molecule has 3 unspecified atom stereocenters. The van der Waals surface area contributed by atoms with E-state index in [1.165, 1.54) is 218 Å². The van der Waals surface area contributed by atoms with Crippen LogP contribution in [-0.4, -0.2) is 46.9 Å². The van der Waals surface area contributed by atoms with Crippen LogP contribution >= 0.6 is 0 Å². The summed E-state index contributed by atoms with van der Waals surface area (Å²) in [6.45, 7) is 6.49. The molecule has 0 aliphatic carbocycles. The van der Waals surface area contributed by atoms with Crippen molar-refractivity contribution in [2.45, 2.75) is 334 Å². The summed E-state index contributed by atoms with van der Waals surface area (Å²) < 4.78 is 5.97. The van der Waals surface area contributed by atoms with Crippen molar-refractivity contribution in [1.82, 2.24) is 5.32 Å². The Kier molecular flexibility index (Phi) is 51.9. The van der Waals surface area contributed by atoms with Crippen LogP contribution in [-0.2, 0) is 14.3 Å². The molecule has 0 rings (SSSR count). The summed E-state index contributed by atoms with van der Waals surface area (Å²) >= 11 is 0. The summed E-state index contributed by atoms with van der Waals surface area (Å²) in [5.74, 6) is -0.458. The Hall–Kier alpha value is -1.66. The Labute approximate surface area is 405 Å². The van der Waals surface area contributed by atoms with E-state index >= 15 is 0 Å². The molecule has 0 fully saturated rings. The maximum Gasteiger partial charge on any atom is 0.306 e. The number of carbonyl (C=O) groups is 2. The molecule has 0 bridgehead atoms. The highest BCUT2D eigenvalue weighted by molar-refractivity contribution is 5.77. The number of nitrogens with one attached hydrogen (secondary N) is 1. The molecule has 1 amide bonds. The lowest BCUT2D eigenvalue weighted by molar-refractivity contribution is -0.151. The van der Waals surface area contributed by atoms with E-state index < -0.39 is 18.2 Å². The van der Waals surface area contributed by atoms with Gasteiger partial charge in [-0.3, -0.25) is 9.59 Å². The molecular weight excluding hydrogens is 803 g/mol. The molecule has 0 saturated heterocycles. The SMILES string of the molecule is CCCCC/C=C\C/C=C\CCCCCCCCCCCC(=O)OC(CCCCCCCCCCCCCCCCCC)CC(=O)NC(CO)C(O)CCCCCCCCCCCCC. The lowest BCUT2D eigenvalue weighted by atomic mass is 10.0. The fourth-order valence-electron chi connectivity index (χ4n) is 9.11. The molecule has 0 spiro atoms. The molecule has 0 heterocycles. The van der Waals surface area contributed by atoms with E-state index in [1.807, 2.05) is 0 Å². The van der Waals surface area contributed by atoms with E-state index in [0.29, 0.717) is 19.3 Å². The second kappa shape index (κ2) is 53.3. The number of hydrogen-bond acceptors (Lipinski definition) is 5. The summed E-state index contributed by atoms with van der Waals surface area (Å²) in [5.41, 5.74) is 0. The normalized spacial score (nSPS) is 13.2. The van der Waals surface area contributed by atoms with Gasteiger partial charge in [-0.25, -0.2) is 0 Å². The van der Waals surface area contributed by atoms with Crippen LogP contribution in [0.1, 0.15) is 316 Å². The van der Waals surface area contributed by atoms with Crippen molar-refractivity contribution >= 4 is 11.9 Å². The van der Waals surface area contributed by atoms with Gasteiger partial charge in [0, 0.05) is 6.42 Å². The van der Waals surface area contributed by atoms with Crippen molar-refractivity contribution in [3.05, 3.63) is 24.3 Å². The third-order valence-corrected chi connectivity index (χ3v) is 13.5. The van der Waals surface area contributed by atoms with Gasteiger partial charge in [0.2, 0.25) is 5.91 Å². The molecule has 3 N–H and O–H groups in total. The topological polar surface area (TPSA) is 95.9 Å². The first-order valence-corrected chi connectivity index (χ1v) is 29.1. The van der Waals surface area contributed by atoms with Gasteiger partial charge in [-0.2, -0.15) is 0 Å². The monoisotopic (exact) mass is 916 g/mol. The lowest BCUT2D eigenvalue weighted by Crippen LogP contribution is -2.46. The highest BCUT2D eigenvalue weighted by Crippen LogP contribution is 2.19. The number of unbranched alkanes of at least 4 members (excludes halogenated alkanes) is 37. The van der Waals surface area contributed by atoms with Crippen LogP contribution in [0.4, 0.5) is 0 Å². The highest BCUT2D eigenvalue weighted by Gasteiger charge is 2.24. The maximum atomic E-state index is 13.3. The average molecular weight is 917 g/mol. The lowest BCUT2D eigenvalue weighted by Gasteiger charge is -2.24. The second-order valence-corrected chi connectivity index (χ2v) is 20.1. The molecule has 6 heteroatoms. The molecule has 65 heavy (non-hydrogen) atoms. The number of carbonyl (C=O) groups excluding carboxylic acids is 2. The second-order valence-electron chi connectivity index (χ2n) is 20.1. The van der Waals surface area contributed by atoms with Gasteiger partial charge in [-0.05, 0) is 57.8 Å². The van der Waals surface area contributed by atoms with Crippen LogP contribution < -0.4 is 5.32 Å². The van der Waals surface area contributed by atoms with Crippen LogP contribution in [0, 0.1) is 0 Å². The van der Waals surface area contributed by atoms with Crippen LogP contribution in [0.3, 0.4) is 0 Å². The first kappa shape index (κ1) is 63.3. The molecule has 3 atom stereocenters. The van der Waals surface area contributed by atoms with E-state index in [4.69, 9.17) is 4.74 Å². The van der Waals surface area contributed by atoms with Gasteiger partial charge in [-0.1, -0.05) is 270 Å². The van der Waals surface area contributed by atoms with Crippen LogP contribution in [0.15, 0.2) is 24.3 Å². The molecule has 0 radical (unpaired) electrons. The zero-order valence-electron chi connectivity index (χ0n) is 43.9. The molecule has 0 aromatic rings. The average Bonchev–Trinajstić information content (AvgIpc) is 3.30. The summed E-state index contributed by atoms with van der Waals surface area (Å²) in [6, 6.07) is -0.697. The van der Waals surface area contributed by atoms with Gasteiger partial charge in [0.15, 0.2) is 0 Å². The van der Waals surface area contributed by atoms with Gasteiger partial charge in [0.1, 0.15) is 6.10 Å². The predicted octanol–water partition coefficient (Wildman–Crippen LogP) is 17.9. The smallest absolute Gasteiger partial charge is 0.306 e. The quantitative estimate of drug-likeness (QED) is 0.0321. The Morgan fingerprint density at radius 1 is 0.446 bits per heavy atom. The standard InChI is InChI=1S/C59H113NO5/c1-4-7-10-13-16-19-22-24-26-28-29-30-32-34-37-40-43-46-49-52-59(64)65-55(50-47-44-41-38-36-33-31-27-25-23-20-17-14-11-8-5-2)53-58(63)60-56(54-61)57(62)51-48-45-42-39-35-21-18-15-12-9-6-3/h16,19,24,26,55-57,61-62H,4-15,17-18,20-23,25,27-54H2,1-3H3,(H,60,63)/b19-16-,26-24-. The van der Waals surface area contributed by atoms with E-state index in [0.717, 1.165) is 51.4 Å². The summed E-state index contributed by atoms with van der Waals surface area (Å²) in [7, 11) is 0. The first-order valence-electron chi connectivity index (χ1n) is 29.1. The van der Waals surface area contributed by atoms with Crippen molar-refractivity contribution < 1.29 is 24.5 Å². The summed E-state index contributed by atoms with van der Waals surface area (Å²) in [6.07, 6.45) is 62.4. The number of esters is 1. The Balaban J connectivity index is 4.50. The van der Waals surface area contributed by atoms with Gasteiger partial charge >= 0.3 is 5.97 Å². The fraction of sp³-hybridized carbons (Fsp3) is 0.898. The molecular formula is C59H113NO5. The van der Waals surface area contributed by atoms with E-state index in [1.54, 1.807) is 0 Å². The summed E-state index contributed by atoms with van der Waals surface area (Å²) in [4.78, 5) is 26.3. The van der Waals surface area contributed by atoms with E-state index in [2.05, 4.69) is 50.4 Å². The van der Waals surface area contributed by atoms with Gasteiger partial charge in [0.25, 0.3) is 0 Å². The molecule has 0 saturated carbocycles. The van der Waals surface area contributed by atoms with Crippen molar-refractivity contribution in [1.29, 1.82) is 0 Å². The third kappa shape index (κ3) is 48.6. The molecule has 384 valence electrons. The number of amides is 1. The van der Waals surface area contributed by atoms with Crippen LogP contribution in [0.5, 0.6) is 0 Å². The Morgan fingerprint density at radius 2 is 0.785 bits per heavy atom. The first-order chi connectivity index (χ1) is 32.0. The zero-order chi connectivity index (χ0) is 47.4. The van der Waals surface area contributed by atoms with Crippen molar-refractivity contribution in [3.8, 4) is 0 Å². The number of aliphatic hydroxyl groups excluding tert-OH is 2. The summed E-state index contributed by atoms with van der Waals surface area (Å²) in [5, 5.41) is 23.8. The molecule has 0 aliphatic rings. The van der Waals surface area contributed by atoms with Crippen molar-refractivity contribution in [2.75, 3.05) is 6.61 Å². The maximum absolute atomic E-state index is 13.3. The Morgan fingerprint density at radius 3 is 1.20 bits per heavy atom. The van der Waals surface area contributed by atoms with E-state index in [9.17, 15) is 19.8 Å². The minimum absolute atomic E-state index is 0.0823. The van der Waals surface area contributed by atoms with E-state index in [-0.39, 0.29) is 24.9 Å². The molecule has 6 nitrogen and oxygen atoms in total. The number of ether oxygens (including phenoxy) is 1. The van der Waals surface area contributed by atoms with Crippen LogP contribution in [0.2, 0.25) is 0 Å². The van der Waals surface area contributed by atoms with Crippen LogP contribution in [0.25, 0.3) is 0 Å². The fourth-order valence-corrected chi connectivity index (χ4v) is 9.11. The van der Waals surface area contributed by atoms with Gasteiger partial charge in [-0.15, -0.1) is 0 Å². The minimum Gasteiger partial charge on any atom is -0.462 e. The molecule has 0 aromatic carbocycles. The van der Waals surface area contributed by atoms with Crippen molar-refractivity contribution in [3.63, 3.8) is 0 Å². The predicted molar refractivity (Wildman–Crippen MR) is 283 cm³/mol. The van der Waals surface area contributed by atoms with Gasteiger partial charge in [0.05, 0.1) is 25.2 Å². The minimum atomic E-state index is -0.784. The molecule has 0 aliphatic heterocycles. The Bertz CT molecular complexity index is 1030. The zero-order valence-corrected chi connectivity index (χ0v) is 43.9. The largest absolute Gasteiger partial charge is 0.462 e. The van der Waals surface area contributed by atoms with Gasteiger partial charge < -0.3 is 20.3 Å². The number of aliphatic hydroxyl groups is 2. The van der Waals surface area contributed by atoms with Crippen molar-refractivity contribution in [2.24, 2.45) is 0 Å². The number of allylic oxidation sites excluding steroid dienone is 4. The molecule has 0 aromatic heterocycles.